The molecule has 1 fully saturated rings. The molecular formula is C18H21FN4O3. The molecule has 26 heavy (non-hydrogen) atoms. The predicted molar refractivity (Wildman–Crippen MR) is 94.3 cm³/mol. The number of aromatic amines is 1. The molecule has 2 heterocycles. The number of carbonyl (C=O) groups is 1. The molecule has 8 heteroatoms. The molecule has 1 aromatic heterocycles. The van der Waals surface area contributed by atoms with Crippen molar-refractivity contribution in [2.75, 3.05) is 26.2 Å². The van der Waals surface area contributed by atoms with Gasteiger partial charge in [0.1, 0.15) is 12.4 Å². The van der Waals surface area contributed by atoms with Crippen molar-refractivity contribution < 1.29 is 19.1 Å². The van der Waals surface area contributed by atoms with Crippen molar-refractivity contribution in [1.29, 1.82) is 0 Å². The van der Waals surface area contributed by atoms with Gasteiger partial charge in [-0.05, 0) is 43.7 Å². The van der Waals surface area contributed by atoms with Gasteiger partial charge in [-0.15, -0.1) is 0 Å². The summed E-state index contributed by atoms with van der Waals surface area (Å²) in [5.74, 6) is -1.33. The second-order valence-electron chi connectivity index (χ2n) is 6.25. The van der Waals surface area contributed by atoms with Crippen molar-refractivity contribution in [1.82, 2.24) is 15.1 Å². The van der Waals surface area contributed by atoms with E-state index < -0.39 is 5.97 Å². The molecule has 1 atom stereocenters. The van der Waals surface area contributed by atoms with Crippen molar-refractivity contribution >= 4 is 12.2 Å². The van der Waals surface area contributed by atoms with Crippen LogP contribution in [0, 0.1) is 11.7 Å². The minimum absolute atomic E-state index is 0.295. The average molecular weight is 360 g/mol. The molecule has 2 N–H and O–H groups in total. The van der Waals surface area contributed by atoms with Crippen LogP contribution in [0.15, 0.2) is 35.6 Å². The van der Waals surface area contributed by atoms with E-state index in [1.165, 1.54) is 12.1 Å². The van der Waals surface area contributed by atoms with Crippen molar-refractivity contribution in [3.63, 3.8) is 0 Å². The number of halogens is 1. The lowest BCUT2D eigenvalue weighted by Crippen LogP contribution is -2.40. The van der Waals surface area contributed by atoms with Gasteiger partial charge in [0, 0.05) is 24.2 Å². The molecule has 0 amide bonds. The lowest BCUT2D eigenvalue weighted by Gasteiger charge is -2.29. The van der Waals surface area contributed by atoms with Gasteiger partial charge < -0.3 is 9.94 Å². The number of carboxylic acids is 1. The summed E-state index contributed by atoms with van der Waals surface area (Å²) in [4.78, 5) is 18.4. The van der Waals surface area contributed by atoms with Crippen molar-refractivity contribution in [2.45, 2.75) is 12.8 Å². The summed E-state index contributed by atoms with van der Waals surface area (Å²) < 4.78 is 13.0. The Balaban J connectivity index is 1.48. The predicted octanol–water partition coefficient (Wildman–Crippen LogP) is 2.36. The molecule has 0 aliphatic carbocycles. The molecular weight excluding hydrogens is 339 g/mol. The maximum Gasteiger partial charge on any atom is 0.307 e. The molecule has 0 bridgehead atoms. The minimum atomic E-state index is -0.734. The third kappa shape index (κ3) is 4.66. The highest BCUT2D eigenvalue weighted by Gasteiger charge is 2.24. The third-order valence-corrected chi connectivity index (χ3v) is 4.42. The van der Waals surface area contributed by atoms with Gasteiger partial charge in [0.15, 0.2) is 0 Å². The number of aromatic nitrogens is 2. The molecule has 1 saturated heterocycles. The highest BCUT2D eigenvalue weighted by molar-refractivity contribution is 5.88. The monoisotopic (exact) mass is 360 g/mol. The Labute approximate surface area is 150 Å². The smallest absolute Gasteiger partial charge is 0.307 e. The number of likely N-dealkylation sites (tertiary alicyclic amines) is 1. The highest BCUT2D eigenvalue weighted by Crippen LogP contribution is 2.20. The van der Waals surface area contributed by atoms with Gasteiger partial charge in [0.2, 0.25) is 0 Å². The number of carboxylic acid groups (broad SMARTS) is 1. The van der Waals surface area contributed by atoms with Gasteiger partial charge in [-0.3, -0.25) is 14.8 Å². The molecule has 7 nitrogen and oxygen atoms in total. The summed E-state index contributed by atoms with van der Waals surface area (Å²) >= 11 is 0. The second-order valence-corrected chi connectivity index (χ2v) is 6.25. The fourth-order valence-electron chi connectivity index (χ4n) is 3.02. The third-order valence-electron chi connectivity index (χ3n) is 4.42. The molecule has 1 unspecified atom stereocenters. The van der Waals surface area contributed by atoms with E-state index in [0.717, 1.165) is 36.2 Å². The Bertz CT molecular complexity index is 760. The molecule has 2 aromatic rings. The standard InChI is InChI=1S/C18H21FN4O3/c19-16-5-3-13(4-6-16)17-15(10-20-22-17)11-21-26-9-8-23-7-1-2-14(12-23)18(24)25/h3-6,10-11,14H,1-2,7-9,12H2,(H,20,22)(H,24,25)/b21-11+. The van der Waals surface area contributed by atoms with Gasteiger partial charge in [-0.2, -0.15) is 5.10 Å². The van der Waals surface area contributed by atoms with Crippen LogP contribution in [0.5, 0.6) is 0 Å². The summed E-state index contributed by atoms with van der Waals surface area (Å²) in [5.41, 5.74) is 2.27. The van der Waals surface area contributed by atoms with Crippen LogP contribution < -0.4 is 0 Å². The number of rotatable bonds is 7. The Kier molecular flexibility index (Phi) is 5.96. The van der Waals surface area contributed by atoms with Gasteiger partial charge in [-0.1, -0.05) is 5.16 Å². The summed E-state index contributed by atoms with van der Waals surface area (Å²) in [6, 6.07) is 6.10. The first-order valence-electron chi connectivity index (χ1n) is 8.53. The van der Waals surface area contributed by atoms with Crippen LogP contribution >= 0.6 is 0 Å². The van der Waals surface area contributed by atoms with Gasteiger partial charge in [0.25, 0.3) is 0 Å². The molecule has 3 rings (SSSR count). The number of piperidine rings is 1. The van der Waals surface area contributed by atoms with Crippen molar-refractivity contribution in [3.8, 4) is 11.3 Å². The first-order chi connectivity index (χ1) is 12.6. The van der Waals surface area contributed by atoms with E-state index in [1.54, 1.807) is 24.5 Å². The number of benzene rings is 1. The maximum absolute atomic E-state index is 13.0. The Morgan fingerprint density at radius 1 is 1.46 bits per heavy atom. The van der Waals surface area contributed by atoms with Crippen LogP contribution in [0.25, 0.3) is 11.3 Å². The molecule has 0 radical (unpaired) electrons. The van der Waals surface area contributed by atoms with Crippen LogP contribution in [-0.4, -0.2) is 58.6 Å². The Morgan fingerprint density at radius 2 is 2.27 bits per heavy atom. The normalized spacial score (nSPS) is 18.3. The van der Waals surface area contributed by atoms with E-state index >= 15 is 0 Å². The first-order valence-corrected chi connectivity index (χ1v) is 8.53. The summed E-state index contributed by atoms with van der Waals surface area (Å²) in [6.45, 7) is 2.45. The average Bonchev–Trinajstić information content (AvgIpc) is 3.11. The first kappa shape index (κ1) is 18.1. The zero-order valence-corrected chi connectivity index (χ0v) is 14.3. The van der Waals surface area contributed by atoms with Crippen LogP contribution in [0.1, 0.15) is 18.4 Å². The van der Waals surface area contributed by atoms with Crippen molar-refractivity contribution in [2.24, 2.45) is 11.1 Å². The van der Waals surface area contributed by atoms with E-state index in [1.807, 2.05) is 0 Å². The lowest BCUT2D eigenvalue weighted by atomic mass is 9.98. The maximum atomic E-state index is 13.0. The van der Waals surface area contributed by atoms with E-state index in [-0.39, 0.29) is 11.7 Å². The van der Waals surface area contributed by atoms with E-state index in [4.69, 9.17) is 9.94 Å². The fraction of sp³-hybridized carbons (Fsp3) is 0.389. The number of H-pyrrole nitrogens is 1. The van der Waals surface area contributed by atoms with E-state index in [9.17, 15) is 9.18 Å². The van der Waals surface area contributed by atoms with Crippen LogP contribution in [0.2, 0.25) is 0 Å². The zero-order valence-electron chi connectivity index (χ0n) is 14.3. The Morgan fingerprint density at radius 3 is 3.04 bits per heavy atom. The fourth-order valence-corrected chi connectivity index (χ4v) is 3.02. The number of hydrogen-bond donors (Lipinski definition) is 2. The number of aliphatic carboxylic acids is 1. The van der Waals surface area contributed by atoms with E-state index in [2.05, 4.69) is 20.3 Å². The quantitative estimate of drug-likeness (QED) is 0.449. The number of nitrogens with zero attached hydrogens (tertiary/aromatic N) is 3. The molecule has 1 aliphatic heterocycles. The zero-order chi connectivity index (χ0) is 18.4. The number of oxime groups is 1. The van der Waals surface area contributed by atoms with Crippen LogP contribution in [0.3, 0.4) is 0 Å². The summed E-state index contributed by atoms with van der Waals surface area (Å²) in [7, 11) is 0. The summed E-state index contributed by atoms with van der Waals surface area (Å²) in [6.07, 6.45) is 4.79. The Hall–Kier alpha value is -2.74. The van der Waals surface area contributed by atoms with E-state index in [0.29, 0.717) is 19.7 Å². The highest BCUT2D eigenvalue weighted by atomic mass is 19.1. The van der Waals surface area contributed by atoms with Crippen LogP contribution in [0.4, 0.5) is 4.39 Å². The van der Waals surface area contributed by atoms with Gasteiger partial charge in [-0.25, -0.2) is 4.39 Å². The molecule has 0 spiro atoms. The molecule has 0 saturated carbocycles. The second kappa shape index (κ2) is 8.57. The van der Waals surface area contributed by atoms with Crippen LogP contribution in [-0.2, 0) is 9.63 Å². The molecule has 138 valence electrons. The SMILES string of the molecule is O=C(O)C1CCCN(CCO/N=C/c2cn[nH]c2-c2ccc(F)cc2)C1. The lowest BCUT2D eigenvalue weighted by molar-refractivity contribution is -0.143. The summed E-state index contributed by atoms with van der Waals surface area (Å²) in [5, 5.41) is 19.9. The number of hydrogen-bond acceptors (Lipinski definition) is 5. The van der Waals surface area contributed by atoms with Crippen molar-refractivity contribution in [3.05, 3.63) is 41.8 Å². The largest absolute Gasteiger partial charge is 0.481 e. The molecule has 1 aromatic carbocycles. The topological polar surface area (TPSA) is 90.8 Å². The van der Waals surface area contributed by atoms with Gasteiger partial charge >= 0.3 is 5.97 Å². The number of nitrogens with one attached hydrogen (secondary N) is 1. The van der Waals surface area contributed by atoms with Gasteiger partial charge in [0.05, 0.1) is 24.0 Å². The molecule has 1 aliphatic rings. The minimum Gasteiger partial charge on any atom is -0.481 e.